The predicted octanol–water partition coefficient (Wildman–Crippen LogP) is 6.04. The third-order valence-electron chi connectivity index (χ3n) is 5.19. The summed E-state index contributed by atoms with van der Waals surface area (Å²) in [5, 5.41) is 0. The largest absolute Gasteiger partial charge is 0.466 e. The summed E-state index contributed by atoms with van der Waals surface area (Å²) in [7, 11) is 6.09. The van der Waals surface area contributed by atoms with E-state index in [0.717, 1.165) is 25.7 Å². The van der Waals surface area contributed by atoms with E-state index in [0.29, 0.717) is 24.1 Å². The van der Waals surface area contributed by atoms with Crippen LogP contribution < -0.4 is 0 Å². The van der Waals surface area contributed by atoms with Gasteiger partial charge in [0.25, 0.3) is 0 Å². The average molecular weight is 429 g/mol. The first-order valence-corrected chi connectivity index (χ1v) is 12.4. The van der Waals surface area contributed by atoms with E-state index in [2.05, 4.69) is 6.92 Å². The van der Waals surface area contributed by atoms with Crippen LogP contribution in [0.2, 0.25) is 0 Å². The number of carbonyl (C=O) groups excluding carboxylic acids is 2. The molecular weight excluding hydrogens is 378 g/mol. The highest BCUT2D eigenvalue weighted by Gasteiger charge is 2.25. The number of hydrogen-bond acceptors (Lipinski definition) is 4. The van der Waals surface area contributed by atoms with Crippen LogP contribution in [-0.2, 0) is 19.1 Å². The zero-order chi connectivity index (χ0) is 22.7. The van der Waals surface area contributed by atoms with Gasteiger partial charge in [-0.05, 0) is 12.8 Å². The van der Waals surface area contributed by atoms with Crippen LogP contribution in [0.4, 0.5) is 0 Å². The molecule has 30 heavy (non-hydrogen) atoms. The maximum Gasteiger partial charge on any atom is 0.309 e. The minimum Gasteiger partial charge on any atom is -0.466 e. The second kappa shape index (κ2) is 18.7. The monoisotopic (exact) mass is 428 g/mol. The standard InChI is InChI=1S/C25H50NO4/c1-6-8-10-11-12-13-14-15-16-17-18-20-29-25(28)21-23(22-26(3,4)5)30-24(27)19-9-7-2/h23H,6-22H2,1-5H3/q+1. The fraction of sp³-hybridized carbons (Fsp3) is 0.920. The minimum atomic E-state index is -0.417. The zero-order valence-corrected chi connectivity index (χ0v) is 20.7. The maximum absolute atomic E-state index is 12.2. The molecule has 0 aromatic heterocycles. The van der Waals surface area contributed by atoms with E-state index < -0.39 is 6.10 Å². The van der Waals surface area contributed by atoms with E-state index >= 15 is 0 Å². The van der Waals surface area contributed by atoms with Crippen molar-refractivity contribution in [3.63, 3.8) is 0 Å². The van der Waals surface area contributed by atoms with Crippen LogP contribution in [0.15, 0.2) is 0 Å². The molecule has 5 nitrogen and oxygen atoms in total. The highest BCUT2D eigenvalue weighted by molar-refractivity contribution is 5.72. The number of hydrogen-bond donors (Lipinski definition) is 0. The summed E-state index contributed by atoms with van der Waals surface area (Å²) in [6.07, 6.45) is 15.9. The molecule has 178 valence electrons. The molecule has 0 rings (SSSR count). The Morgan fingerprint density at radius 3 is 1.70 bits per heavy atom. The molecule has 5 heteroatoms. The number of carbonyl (C=O) groups is 2. The first-order valence-electron chi connectivity index (χ1n) is 12.4. The summed E-state index contributed by atoms with van der Waals surface area (Å²) in [5.41, 5.74) is 0. The summed E-state index contributed by atoms with van der Waals surface area (Å²) in [5.74, 6) is -0.475. The Morgan fingerprint density at radius 1 is 0.700 bits per heavy atom. The molecule has 0 aromatic carbocycles. The summed E-state index contributed by atoms with van der Waals surface area (Å²) in [6.45, 7) is 5.37. The van der Waals surface area contributed by atoms with Gasteiger partial charge in [-0.1, -0.05) is 84.5 Å². The molecule has 0 amide bonds. The zero-order valence-electron chi connectivity index (χ0n) is 20.7. The molecule has 0 spiro atoms. The lowest BCUT2D eigenvalue weighted by atomic mass is 10.1. The molecule has 0 aliphatic heterocycles. The van der Waals surface area contributed by atoms with Gasteiger partial charge in [0.15, 0.2) is 6.10 Å². The summed E-state index contributed by atoms with van der Waals surface area (Å²) < 4.78 is 11.6. The number of unbranched alkanes of at least 4 members (excludes halogenated alkanes) is 11. The fourth-order valence-electron chi connectivity index (χ4n) is 3.52. The van der Waals surface area contributed by atoms with E-state index in [1.807, 2.05) is 28.1 Å². The third kappa shape index (κ3) is 20.2. The first-order chi connectivity index (χ1) is 14.3. The highest BCUT2D eigenvalue weighted by Crippen LogP contribution is 2.12. The molecule has 0 aromatic rings. The van der Waals surface area contributed by atoms with Crippen molar-refractivity contribution in [3.8, 4) is 0 Å². The minimum absolute atomic E-state index is 0.144. The summed E-state index contributed by atoms with van der Waals surface area (Å²) in [6, 6.07) is 0. The van der Waals surface area contributed by atoms with Crippen molar-refractivity contribution in [1.29, 1.82) is 0 Å². The SMILES string of the molecule is CCCCCCCCCCCCCOC(=O)CC(C[N+](C)(C)C)OC(=O)CCCC. The second-order valence-corrected chi connectivity index (χ2v) is 9.65. The third-order valence-corrected chi connectivity index (χ3v) is 5.19. The predicted molar refractivity (Wildman–Crippen MR) is 124 cm³/mol. The van der Waals surface area contributed by atoms with Crippen LogP contribution in [0.25, 0.3) is 0 Å². The lowest BCUT2D eigenvalue weighted by Gasteiger charge is -2.28. The molecule has 1 atom stereocenters. The van der Waals surface area contributed by atoms with E-state index in [1.165, 1.54) is 57.8 Å². The Bertz CT molecular complexity index is 431. The molecule has 0 fully saturated rings. The van der Waals surface area contributed by atoms with Crippen molar-refractivity contribution in [2.45, 2.75) is 116 Å². The Labute approximate surface area is 186 Å². The number of rotatable bonds is 20. The van der Waals surface area contributed by atoms with Gasteiger partial charge in [-0.2, -0.15) is 0 Å². The summed E-state index contributed by atoms with van der Waals surface area (Å²) >= 11 is 0. The van der Waals surface area contributed by atoms with Gasteiger partial charge in [0.2, 0.25) is 0 Å². The van der Waals surface area contributed by atoms with Crippen LogP contribution in [0.3, 0.4) is 0 Å². The van der Waals surface area contributed by atoms with Gasteiger partial charge < -0.3 is 14.0 Å². The van der Waals surface area contributed by atoms with Gasteiger partial charge in [-0.15, -0.1) is 0 Å². The Hall–Kier alpha value is -1.10. The van der Waals surface area contributed by atoms with E-state index in [-0.39, 0.29) is 18.4 Å². The Kier molecular flexibility index (Phi) is 18.0. The molecule has 0 aliphatic rings. The van der Waals surface area contributed by atoms with Gasteiger partial charge in [-0.3, -0.25) is 9.59 Å². The van der Waals surface area contributed by atoms with Gasteiger partial charge in [-0.25, -0.2) is 0 Å². The lowest BCUT2D eigenvalue weighted by molar-refractivity contribution is -0.873. The van der Waals surface area contributed by atoms with Crippen molar-refractivity contribution in [3.05, 3.63) is 0 Å². The van der Waals surface area contributed by atoms with Gasteiger partial charge in [0.05, 0.1) is 34.2 Å². The van der Waals surface area contributed by atoms with Crippen molar-refractivity contribution >= 4 is 11.9 Å². The van der Waals surface area contributed by atoms with Gasteiger partial charge in [0, 0.05) is 6.42 Å². The molecule has 0 saturated carbocycles. The lowest BCUT2D eigenvalue weighted by Crippen LogP contribution is -2.44. The summed E-state index contributed by atoms with van der Waals surface area (Å²) in [4.78, 5) is 24.2. The molecule has 0 bridgehead atoms. The number of quaternary nitrogens is 1. The molecule has 0 saturated heterocycles. The van der Waals surface area contributed by atoms with Crippen LogP contribution in [0, 0.1) is 0 Å². The van der Waals surface area contributed by atoms with Crippen molar-refractivity contribution in [2.24, 2.45) is 0 Å². The average Bonchev–Trinajstić information content (AvgIpc) is 2.65. The Balaban J connectivity index is 3.88. The van der Waals surface area contributed by atoms with Gasteiger partial charge in [0.1, 0.15) is 6.54 Å². The van der Waals surface area contributed by atoms with Crippen LogP contribution in [0.5, 0.6) is 0 Å². The molecule has 0 aliphatic carbocycles. The second-order valence-electron chi connectivity index (χ2n) is 9.65. The highest BCUT2D eigenvalue weighted by atomic mass is 16.6. The fourth-order valence-corrected chi connectivity index (χ4v) is 3.52. The normalized spacial score (nSPS) is 12.6. The van der Waals surface area contributed by atoms with Crippen molar-refractivity contribution in [1.82, 2.24) is 0 Å². The molecule has 0 heterocycles. The smallest absolute Gasteiger partial charge is 0.309 e. The number of likely N-dealkylation sites (N-methyl/N-ethyl adjacent to an activating group) is 1. The quantitative estimate of drug-likeness (QED) is 0.135. The molecular formula is C25H50NO4+. The Morgan fingerprint density at radius 2 is 1.20 bits per heavy atom. The topological polar surface area (TPSA) is 52.6 Å². The van der Waals surface area contributed by atoms with Crippen molar-refractivity contribution < 1.29 is 23.5 Å². The number of esters is 2. The number of ether oxygens (including phenoxy) is 2. The number of nitrogens with zero attached hydrogens (tertiary/aromatic N) is 1. The van der Waals surface area contributed by atoms with Crippen LogP contribution in [-0.4, -0.2) is 56.8 Å². The van der Waals surface area contributed by atoms with Crippen LogP contribution >= 0.6 is 0 Å². The van der Waals surface area contributed by atoms with Crippen molar-refractivity contribution in [2.75, 3.05) is 34.3 Å². The van der Waals surface area contributed by atoms with Crippen LogP contribution in [0.1, 0.15) is 110 Å². The molecule has 1 unspecified atom stereocenters. The van der Waals surface area contributed by atoms with E-state index in [1.54, 1.807) is 0 Å². The van der Waals surface area contributed by atoms with Gasteiger partial charge >= 0.3 is 11.9 Å². The van der Waals surface area contributed by atoms with E-state index in [9.17, 15) is 9.59 Å². The first kappa shape index (κ1) is 28.9. The van der Waals surface area contributed by atoms with E-state index in [4.69, 9.17) is 9.47 Å². The molecule has 0 N–H and O–H groups in total. The maximum atomic E-state index is 12.2. The molecule has 0 radical (unpaired) electrons.